The molecule has 2 rings (SSSR count). The van der Waals surface area contributed by atoms with E-state index < -0.39 is 0 Å². The van der Waals surface area contributed by atoms with Gasteiger partial charge in [-0.15, -0.1) is 11.8 Å². The Hall–Kier alpha value is -1.69. The summed E-state index contributed by atoms with van der Waals surface area (Å²) in [5.41, 5.74) is 0.400. The lowest BCUT2D eigenvalue weighted by molar-refractivity contribution is 0.188. The first kappa shape index (κ1) is 11.8. The highest BCUT2D eigenvalue weighted by Gasteiger charge is 2.36. The number of hydrogen-bond acceptors (Lipinski definition) is 3. The highest BCUT2D eigenvalue weighted by atomic mass is 32.2. The van der Waals surface area contributed by atoms with E-state index in [1.807, 2.05) is 36.6 Å². The number of carbonyl (C=O) groups is 2. The predicted molar refractivity (Wildman–Crippen MR) is 67.9 cm³/mol. The van der Waals surface area contributed by atoms with Crippen molar-refractivity contribution in [1.82, 2.24) is 10.2 Å². The number of benzene rings is 1. The molecular formula is C11H13N3O2S. The Kier molecular flexibility index (Phi) is 3.23. The molecule has 1 heterocycles. The Morgan fingerprint density at radius 3 is 2.47 bits per heavy atom. The van der Waals surface area contributed by atoms with Gasteiger partial charge in [-0.2, -0.15) is 0 Å². The first-order valence-corrected chi connectivity index (χ1v) is 6.39. The van der Waals surface area contributed by atoms with E-state index in [-0.39, 0.29) is 17.6 Å². The van der Waals surface area contributed by atoms with E-state index in [0.29, 0.717) is 0 Å². The summed E-state index contributed by atoms with van der Waals surface area (Å²) in [5, 5.41) is 2.75. The van der Waals surface area contributed by atoms with Crippen molar-refractivity contribution >= 4 is 29.5 Å². The van der Waals surface area contributed by atoms with E-state index in [4.69, 9.17) is 0 Å². The highest BCUT2D eigenvalue weighted by molar-refractivity contribution is 7.99. The molecule has 0 bridgehead atoms. The van der Waals surface area contributed by atoms with Gasteiger partial charge in [-0.3, -0.25) is 4.90 Å². The molecule has 17 heavy (non-hydrogen) atoms. The van der Waals surface area contributed by atoms with Crippen molar-refractivity contribution in [2.75, 3.05) is 18.2 Å². The molecule has 4 amide bonds. The van der Waals surface area contributed by atoms with Crippen LogP contribution in [-0.4, -0.2) is 35.8 Å². The van der Waals surface area contributed by atoms with Gasteiger partial charge in [0.2, 0.25) is 0 Å². The number of amides is 4. The molecule has 1 saturated heterocycles. The summed E-state index contributed by atoms with van der Waals surface area (Å²) >= 11 is 1.40. The fraction of sp³-hybridized carbons (Fsp3) is 0.273. The zero-order chi connectivity index (χ0) is 12.4. The number of thioether (sulfide) groups is 1. The molecule has 1 aliphatic rings. The van der Waals surface area contributed by atoms with Gasteiger partial charge in [-0.25, -0.2) is 14.5 Å². The first-order chi connectivity index (χ1) is 8.15. The third-order valence-corrected chi connectivity index (χ3v) is 3.31. The predicted octanol–water partition coefficient (Wildman–Crippen LogP) is 1.91. The van der Waals surface area contributed by atoms with Crippen LogP contribution in [0.25, 0.3) is 0 Å². The standard InChI is InChI=1S/C11H13N3O2S/c1-13-9(15)12-10(17-2)14(11(13)16)8-6-4-3-5-7-8/h3-7,10H,1-2H3,(H,12,15). The molecular weight excluding hydrogens is 238 g/mol. The topological polar surface area (TPSA) is 52.7 Å². The Labute approximate surface area is 104 Å². The maximum absolute atomic E-state index is 12.1. The molecule has 1 aromatic carbocycles. The molecule has 1 N–H and O–H groups in total. The second-order valence-electron chi connectivity index (χ2n) is 3.58. The van der Waals surface area contributed by atoms with Crippen molar-refractivity contribution in [1.29, 1.82) is 0 Å². The molecule has 1 aliphatic heterocycles. The molecule has 0 aromatic heterocycles. The summed E-state index contributed by atoms with van der Waals surface area (Å²) < 4.78 is 0. The molecule has 0 aliphatic carbocycles. The lowest BCUT2D eigenvalue weighted by Crippen LogP contribution is -2.62. The third-order valence-electron chi connectivity index (χ3n) is 2.54. The second kappa shape index (κ2) is 4.67. The number of rotatable bonds is 2. The van der Waals surface area contributed by atoms with Gasteiger partial charge >= 0.3 is 12.1 Å². The molecule has 0 radical (unpaired) electrons. The van der Waals surface area contributed by atoms with Crippen LogP contribution in [0.1, 0.15) is 0 Å². The molecule has 1 atom stereocenters. The monoisotopic (exact) mass is 251 g/mol. The molecule has 0 spiro atoms. The van der Waals surface area contributed by atoms with Crippen LogP contribution in [0.3, 0.4) is 0 Å². The number of para-hydroxylation sites is 1. The van der Waals surface area contributed by atoms with E-state index in [1.54, 1.807) is 4.90 Å². The summed E-state index contributed by atoms with van der Waals surface area (Å²) in [4.78, 5) is 26.2. The van der Waals surface area contributed by atoms with E-state index >= 15 is 0 Å². The summed E-state index contributed by atoms with van der Waals surface area (Å²) in [6, 6.07) is 8.58. The summed E-state index contributed by atoms with van der Waals surface area (Å²) in [5.74, 6) is 0. The van der Waals surface area contributed by atoms with Gasteiger partial charge in [0.25, 0.3) is 0 Å². The van der Waals surface area contributed by atoms with E-state index in [9.17, 15) is 9.59 Å². The molecule has 90 valence electrons. The van der Waals surface area contributed by atoms with Crippen LogP contribution in [0.5, 0.6) is 0 Å². The molecule has 6 heteroatoms. The van der Waals surface area contributed by atoms with Crippen molar-refractivity contribution in [3.8, 4) is 0 Å². The summed E-state index contributed by atoms with van der Waals surface area (Å²) in [6.45, 7) is 0. The fourth-order valence-corrected chi connectivity index (χ4v) is 2.26. The molecule has 1 aromatic rings. The number of imide groups is 1. The summed E-state index contributed by atoms with van der Waals surface area (Å²) in [6.07, 6.45) is 1.85. The SMILES string of the molecule is CSC1NC(=O)N(C)C(=O)N1c1ccccc1. The van der Waals surface area contributed by atoms with Crippen molar-refractivity contribution in [3.63, 3.8) is 0 Å². The van der Waals surface area contributed by atoms with Crippen LogP contribution in [0.2, 0.25) is 0 Å². The molecule has 1 unspecified atom stereocenters. The van der Waals surface area contributed by atoms with Gasteiger partial charge < -0.3 is 5.32 Å². The third kappa shape index (κ3) is 2.08. The highest BCUT2D eigenvalue weighted by Crippen LogP contribution is 2.24. The Morgan fingerprint density at radius 2 is 1.88 bits per heavy atom. The van der Waals surface area contributed by atoms with Gasteiger partial charge in [0.05, 0.1) is 0 Å². The summed E-state index contributed by atoms with van der Waals surface area (Å²) in [7, 11) is 1.46. The van der Waals surface area contributed by atoms with Crippen molar-refractivity contribution in [2.24, 2.45) is 0 Å². The minimum Gasteiger partial charge on any atom is -0.308 e. The Morgan fingerprint density at radius 1 is 1.24 bits per heavy atom. The number of carbonyl (C=O) groups excluding carboxylic acids is 2. The lowest BCUT2D eigenvalue weighted by atomic mass is 10.3. The smallest absolute Gasteiger partial charge is 0.308 e. The minimum absolute atomic E-state index is 0.320. The molecule has 5 nitrogen and oxygen atoms in total. The average Bonchev–Trinajstić information content (AvgIpc) is 2.36. The van der Waals surface area contributed by atoms with Crippen LogP contribution in [0.4, 0.5) is 15.3 Å². The maximum atomic E-state index is 12.1. The lowest BCUT2D eigenvalue weighted by Gasteiger charge is -2.38. The van der Waals surface area contributed by atoms with Gasteiger partial charge in [0.15, 0.2) is 5.50 Å². The molecule has 1 fully saturated rings. The zero-order valence-electron chi connectivity index (χ0n) is 9.58. The van der Waals surface area contributed by atoms with Gasteiger partial charge in [0, 0.05) is 12.7 Å². The number of nitrogens with one attached hydrogen (secondary N) is 1. The number of hydrogen-bond donors (Lipinski definition) is 1. The normalized spacial score (nSPS) is 20.5. The number of anilines is 1. The van der Waals surface area contributed by atoms with Crippen molar-refractivity contribution in [2.45, 2.75) is 5.50 Å². The first-order valence-electron chi connectivity index (χ1n) is 5.10. The minimum atomic E-state index is -0.374. The van der Waals surface area contributed by atoms with E-state index in [0.717, 1.165) is 10.6 Å². The van der Waals surface area contributed by atoms with Crippen LogP contribution in [0, 0.1) is 0 Å². The van der Waals surface area contributed by atoms with Crippen LogP contribution in [0.15, 0.2) is 30.3 Å². The Balaban J connectivity index is 2.36. The second-order valence-corrected chi connectivity index (χ2v) is 4.50. The van der Waals surface area contributed by atoms with E-state index in [1.165, 1.54) is 18.8 Å². The van der Waals surface area contributed by atoms with Crippen LogP contribution < -0.4 is 10.2 Å². The molecule has 0 saturated carbocycles. The van der Waals surface area contributed by atoms with Gasteiger partial charge in [0.1, 0.15) is 0 Å². The number of urea groups is 2. The quantitative estimate of drug-likeness (QED) is 0.873. The Bertz CT molecular complexity index is 438. The van der Waals surface area contributed by atoms with Gasteiger partial charge in [-0.1, -0.05) is 18.2 Å². The number of nitrogens with zero attached hydrogens (tertiary/aromatic N) is 2. The van der Waals surface area contributed by atoms with Gasteiger partial charge in [-0.05, 0) is 18.4 Å². The average molecular weight is 251 g/mol. The van der Waals surface area contributed by atoms with Crippen molar-refractivity contribution < 1.29 is 9.59 Å². The fourth-order valence-electron chi connectivity index (χ4n) is 1.61. The largest absolute Gasteiger partial charge is 0.334 e. The maximum Gasteiger partial charge on any atom is 0.334 e. The van der Waals surface area contributed by atoms with Crippen molar-refractivity contribution in [3.05, 3.63) is 30.3 Å². The van der Waals surface area contributed by atoms with Crippen LogP contribution in [-0.2, 0) is 0 Å². The van der Waals surface area contributed by atoms with E-state index in [2.05, 4.69) is 5.32 Å². The van der Waals surface area contributed by atoms with Crippen LogP contribution >= 0.6 is 11.8 Å². The zero-order valence-corrected chi connectivity index (χ0v) is 10.4.